The number of carbonyl (C=O) groups excluding carboxylic acids is 1. The molecule has 0 spiro atoms. The lowest BCUT2D eigenvalue weighted by molar-refractivity contribution is 0.0500. The molecule has 122 valence electrons. The fraction of sp³-hybridized carbons (Fsp3) is 0.444. The molecule has 1 aliphatic rings. The molecule has 0 radical (unpaired) electrons. The summed E-state index contributed by atoms with van der Waals surface area (Å²) in [5, 5.41) is 3.98. The Hall–Kier alpha value is -2.30. The van der Waals surface area contributed by atoms with E-state index in [0.29, 0.717) is 11.5 Å². The molecule has 2 heterocycles. The summed E-state index contributed by atoms with van der Waals surface area (Å²) in [6.07, 6.45) is 3.25. The van der Waals surface area contributed by atoms with Gasteiger partial charge in [0, 0.05) is 23.7 Å². The number of hydrogen-bond acceptors (Lipinski definition) is 4. The van der Waals surface area contributed by atoms with E-state index in [0.717, 1.165) is 24.2 Å². The zero-order valence-corrected chi connectivity index (χ0v) is 13.8. The van der Waals surface area contributed by atoms with Crippen LogP contribution in [0.2, 0.25) is 0 Å². The van der Waals surface area contributed by atoms with Gasteiger partial charge in [0.05, 0.1) is 7.11 Å². The van der Waals surface area contributed by atoms with Gasteiger partial charge >= 0.3 is 0 Å². The molecular weight excluding hydrogens is 292 g/mol. The third kappa shape index (κ3) is 3.09. The first kappa shape index (κ1) is 15.6. The summed E-state index contributed by atoms with van der Waals surface area (Å²) in [5.41, 5.74) is 1.24. The molecule has 1 aliphatic heterocycles. The third-order valence-corrected chi connectivity index (χ3v) is 4.53. The molecule has 0 N–H and O–H groups in total. The first-order valence-corrected chi connectivity index (χ1v) is 8.04. The Balaban J connectivity index is 1.81. The average molecular weight is 314 g/mol. The fourth-order valence-corrected chi connectivity index (χ4v) is 3.22. The van der Waals surface area contributed by atoms with Crippen LogP contribution in [0.15, 0.2) is 34.9 Å². The number of piperidine rings is 1. The Morgan fingerprint density at radius 3 is 2.48 bits per heavy atom. The molecule has 3 rings (SSSR count). The lowest BCUT2D eigenvalue weighted by Gasteiger charge is -2.38. The maximum Gasteiger partial charge on any atom is 0.276 e. The highest BCUT2D eigenvalue weighted by molar-refractivity contribution is 5.93. The number of aromatic nitrogens is 1. The number of nitrogens with zero attached hydrogens (tertiary/aromatic N) is 2. The van der Waals surface area contributed by atoms with Crippen molar-refractivity contribution in [3.05, 3.63) is 36.0 Å². The Labute approximate surface area is 136 Å². The summed E-state index contributed by atoms with van der Waals surface area (Å²) in [6.45, 7) is 4.19. The number of benzene rings is 1. The molecule has 0 bridgehead atoms. The van der Waals surface area contributed by atoms with Crippen molar-refractivity contribution in [1.29, 1.82) is 0 Å². The molecule has 2 aromatic rings. The Morgan fingerprint density at radius 1 is 1.22 bits per heavy atom. The number of hydrogen-bond donors (Lipinski definition) is 0. The van der Waals surface area contributed by atoms with Crippen LogP contribution >= 0.6 is 0 Å². The zero-order chi connectivity index (χ0) is 16.4. The van der Waals surface area contributed by atoms with Gasteiger partial charge in [0.25, 0.3) is 5.91 Å². The number of ether oxygens (including phenoxy) is 1. The van der Waals surface area contributed by atoms with Gasteiger partial charge in [-0.15, -0.1) is 0 Å². The predicted octanol–water partition coefficient (Wildman–Crippen LogP) is 3.75. The second-order valence-corrected chi connectivity index (χ2v) is 6.15. The highest BCUT2D eigenvalue weighted by atomic mass is 16.5. The van der Waals surface area contributed by atoms with Gasteiger partial charge in [-0.3, -0.25) is 4.79 Å². The van der Waals surface area contributed by atoms with Crippen molar-refractivity contribution in [2.75, 3.05) is 7.11 Å². The van der Waals surface area contributed by atoms with E-state index in [1.54, 1.807) is 13.2 Å². The summed E-state index contributed by atoms with van der Waals surface area (Å²) in [4.78, 5) is 14.7. The fourth-order valence-electron chi connectivity index (χ4n) is 3.22. The van der Waals surface area contributed by atoms with Crippen molar-refractivity contribution in [2.24, 2.45) is 0 Å². The summed E-state index contributed by atoms with van der Waals surface area (Å²) in [7, 11) is 1.63. The standard InChI is InChI=1S/C18H22N2O3/c1-12-5-4-6-13(2)20(12)18(21)16-11-17(23-19-16)14-7-9-15(22-3)10-8-14/h7-13H,4-6H2,1-3H3/t12-,13-/m0/s1. The van der Waals surface area contributed by atoms with Gasteiger partial charge in [0.15, 0.2) is 11.5 Å². The molecule has 1 saturated heterocycles. The van der Waals surface area contributed by atoms with Crippen LogP contribution in [0.25, 0.3) is 11.3 Å². The van der Waals surface area contributed by atoms with Gasteiger partial charge in [0.2, 0.25) is 0 Å². The second kappa shape index (κ2) is 6.44. The molecule has 1 fully saturated rings. The van der Waals surface area contributed by atoms with Crippen molar-refractivity contribution in [3.8, 4) is 17.1 Å². The topological polar surface area (TPSA) is 55.6 Å². The average Bonchev–Trinajstić information content (AvgIpc) is 3.04. The van der Waals surface area contributed by atoms with Crippen LogP contribution in [0.4, 0.5) is 0 Å². The van der Waals surface area contributed by atoms with Crippen LogP contribution in [0.5, 0.6) is 5.75 Å². The summed E-state index contributed by atoms with van der Waals surface area (Å²) >= 11 is 0. The minimum atomic E-state index is -0.0480. The largest absolute Gasteiger partial charge is 0.497 e. The molecule has 1 amide bonds. The molecule has 0 unspecified atom stereocenters. The lowest BCUT2D eigenvalue weighted by Crippen LogP contribution is -2.47. The maximum atomic E-state index is 12.7. The molecular formula is C18H22N2O3. The summed E-state index contributed by atoms with van der Waals surface area (Å²) in [6, 6.07) is 9.69. The molecule has 23 heavy (non-hydrogen) atoms. The van der Waals surface area contributed by atoms with E-state index >= 15 is 0 Å². The second-order valence-electron chi connectivity index (χ2n) is 6.15. The molecule has 0 saturated carbocycles. The van der Waals surface area contributed by atoms with E-state index < -0.39 is 0 Å². The highest BCUT2D eigenvalue weighted by Gasteiger charge is 2.31. The Kier molecular flexibility index (Phi) is 4.37. The van der Waals surface area contributed by atoms with Crippen molar-refractivity contribution < 1.29 is 14.1 Å². The Morgan fingerprint density at radius 2 is 1.87 bits per heavy atom. The smallest absolute Gasteiger partial charge is 0.276 e. The number of amides is 1. The number of methoxy groups -OCH3 is 1. The van der Waals surface area contributed by atoms with Gasteiger partial charge in [-0.25, -0.2) is 0 Å². The lowest BCUT2D eigenvalue weighted by atomic mass is 9.97. The van der Waals surface area contributed by atoms with Gasteiger partial charge in [-0.2, -0.15) is 0 Å². The first-order valence-electron chi connectivity index (χ1n) is 8.04. The van der Waals surface area contributed by atoms with E-state index in [9.17, 15) is 4.79 Å². The number of rotatable bonds is 3. The van der Waals surface area contributed by atoms with Crippen LogP contribution in [0, 0.1) is 0 Å². The van der Waals surface area contributed by atoms with Crippen molar-refractivity contribution >= 4 is 5.91 Å². The van der Waals surface area contributed by atoms with E-state index in [1.165, 1.54) is 6.42 Å². The number of carbonyl (C=O) groups is 1. The molecule has 5 nitrogen and oxygen atoms in total. The van der Waals surface area contributed by atoms with Crippen LogP contribution in [0.3, 0.4) is 0 Å². The van der Waals surface area contributed by atoms with E-state index in [-0.39, 0.29) is 18.0 Å². The molecule has 1 aromatic heterocycles. The maximum absolute atomic E-state index is 12.7. The number of likely N-dealkylation sites (tertiary alicyclic amines) is 1. The van der Waals surface area contributed by atoms with E-state index in [1.807, 2.05) is 29.2 Å². The monoisotopic (exact) mass is 314 g/mol. The van der Waals surface area contributed by atoms with Crippen molar-refractivity contribution in [1.82, 2.24) is 10.1 Å². The zero-order valence-electron chi connectivity index (χ0n) is 13.8. The third-order valence-electron chi connectivity index (χ3n) is 4.53. The van der Waals surface area contributed by atoms with Crippen molar-refractivity contribution in [3.63, 3.8) is 0 Å². The minimum absolute atomic E-state index is 0.0480. The highest BCUT2D eigenvalue weighted by Crippen LogP contribution is 2.27. The minimum Gasteiger partial charge on any atom is -0.497 e. The van der Waals surface area contributed by atoms with Crippen LogP contribution < -0.4 is 4.74 Å². The van der Waals surface area contributed by atoms with Crippen LogP contribution in [-0.2, 0) is 0 Å². The summed E-state index contributed by atoms with van der Waals surface area (Å²) in [5.74, 6) is 1.32. The van der Waals surface area contributed by atoms with Crippen molar-refractivity contribution in [2.45, 2.75) is 45.2 Å². The molecule has 0 aliphatic carbocycles. The van der Waals surface area contributed by atoms with E-state index in [2.05, 4.69) is 19.0 Å². The molecule has 2 atom stereocenters. The van der Waals surface area contributed by atoms with Crippen LogP contribution in [0.1, 0.15) is 43.6 Å². The first-order chi connectivity index (χ1) is 11.1. The van der Waals surface area contributed by atoms with Gasteiger partial charge < -0.3 is 14.2 Å². The quantitative estimate of drug-likeness (QED) is 0.865. The van der Waals surface area contributed by atoms with Gasteiger partial charge in [-0.05, 0) is 57.4 Å². The summed E-state index contributed by atoms with van der Waals surface area (Å²) < 4.78 is 10.5. The normalized spacial score (nSPS) is 21.3. The van der Waals surface area contributed by atoms with Crippen LogP contribution in [-0.4, -0.2) is 35.2 Å². The molecule has 5 heteroatoms. The predicted molar refractivity (Wildman–Crippen MR) is 87.4 cm³/mol. The van der Waals surface area contributed by atoms with Gasteiger partial charge in [0.1, 0.15) is 5.75 Å². The SMILES string of the molecule is COc1ccc(-c2cc(C(=O)N3[C@@H](C)CCC[C@@H]3C)no2)cc1. The van der Waals surface area contributed by atoms with Gasteiger partial charge in [-0.1, -0.05) is 5.16 Å². The Bertz CT molecular complexity index is 668. The molecule has 1 aromatic carbocycles. The van der Waals surface area contributed by atoms with E-state index in [4.69, 9.17) is 9.26 Å².